The van der Waals surface area contributed by atoms with Gasteiger partial charge in [0, 0.05) is 32.7 Å². The maximum absolute atomic E-state index is 4.16. The SMILES string of the molecule is CC(C)(C)C1C[N-]C1.[Y]. The third-order valence-corrected chi connectivity index (χ3v) is 1.92. The van der Waals surface area contributed by atoms with E-state index in [-0.39, 0.29) is 32.7 Å². The second kappa shape index (κ2) is 3.45. The van der Waals surface area contributed by atoms with Crippen LogP contribution in [0.25, 0.3) is 5.32 Å². The molecule has 1 radical (unpaired) electrons. The van der Waals surface area contributed by atoms with Crippen LogP contribution in [0.2, 0.25) is 0 Å². The predicted octanol–water partition coefficient (Wildman–Crippen LogP) is 2.03. The van der Waals surface area contributed by atoms with Gasteiger partial charge in [-0.1, -0.05) is 26.7 Å². The fraction of sp³-hybridized carbons (Fsp3) is 1.00. The normalized spacial score (nSPS) is 20.3. The zero-order chi connectivity index (χ0) is 6.20. The first-order chi connectivity index (χ1) is 3.61. The molecule has 0 N–H and O–H groups in total. The number of hydrogen-bond acceptors (Lipinski definition) is 0. The summed E-state index contributed by atoms with van der Waals surface area (Å²) in [6.07, 6.45) is 0. The van der Waals surface area contributed by atoms with Crippen molar-refractivity contribution in [1.82, 2.24) is 0 Å². The number of rotatable bonds is 0. The van der Waals surface area contributed by atoms with Crippen LogP contribution in [0.3, 0.4) is 0 Å². The Balaban J connectivity index is 0.000000640. The van der Waals surface area contributed by atoms with Crippen molar-refractivity contribution in [2.75, 3.05) is 13.1 Å². The van der Waals surface area contributed by atoms with Gasteiger partial charge in [-0.05, 0) is 5.41 Å². The summed E-state index contributed by atoms with van der Waals surface area (Å²) in [6.45, 7) is 9.05. The van der Waals surface area contributed by atoms with E-state index >= 15 is 0 Å². The molecule has 0 aromatic rings. The van der Waals surface area contributed by atoms with Crippen molar-refractivity contribution >= 4 is 0 Å². The Morgan fingerprint density at radius 1 is 1.22 bits per heavy atom. The van der Waals surface area contributed by atoms with E-state index in [1.54, 1.807) is 0 Å². The quantitative estimate of drug-likeness (QED) is 0.569. The Morgan fingerprint density at radius 3 is 1.67 bits per heavy atom. The second-order valence-electron chi connectivity index (χ2n) is 3.65. The maximum atomic E-state index is 4.16. The number of hydrogen-bond donors (Lipinski definition) is 0. The van der Waals surface area contributed by atoms with E-state index in [1.807, 2.05) is 0 Å². The van der Waals surface area contributed by atoms with Gasteiger partial charge in [-0.15, -0.1) is 13.1 Å². The minimum Gasteiger partial charge on any atom is -0.662 e. The molecule has 0 aromatic heterocycles. The molecule has 0 aliphatic carbocycles. The molecular formula is C7H14NY-. The first-order valence-electron chi connectivity index (χ1n) is 3.24. The molecule has 0 spiro atoms. The van der Waals surface area contributed by atoms with E-state index in [1.165, 1.54) is 0 Å². The maximum Gasteiger partial charge on any atom is 0 e. The van der Waals surface area contributed by atoms with Gasteiger partial charge in [-0.2, -0.15) is 0 Å². The van der Waals surface area contributed by atoms with Gasteiger partial charge < -0.3 is 5.32 Å². The average molecular weight is 201 g/mol. The Kier molecular flexibility index (Phi) is 3.86. The molecule has 0 amide bonds. The van der Waals surface area contributed by atoms with Gasteiger partial charge in [0.2, 0.25) is 0 Å². The van der Waals surface area contributed by atoms with Crippen LogP contribution in [0, 0.1) is 11.3 Å². The molecule has 9 heavy (non-hydrogen) atoms. The van der Waals surface area contributed by atoms with Crippen molar-refractivity contribution in [2.24, 2.45) is 11.3 Å². The van der Waals surface area contributed by atoms with E-state index < -0.39 is 0 Å². The van der Waals surface area contributed by atoms with Crippen LogP contribution in [0.15, 0.2) is 0 Å². The largest absolute Gasteiger partial charge is 0.662 e. The zero-order valence-corrected chi connectivity index (χ0v) is 9.35. The minimum absolute atomic E-state index is 0. The van der Waals surface area contributed by atoms with Gasteiger partial charge in [0.15, 0.2) is 0 Å². The minimum atomic E-state index is 0. The molecule has 2 heteroatoms. The second-order valence-corrected chi connectivity index (χ2v) is 3.65. The Hall–Kier alpha value is 1.06. The molecule has 1 saturated heterocycles. The van der Waals surface area contributed by atoms with E-state index in [0.29, 0.717) is 5.41 Å². The molecule has 1 fully saturated rings. The summed E-state index contributed by atoms with van der Waals surface area (Å²) in [4.78, 5) is 0. The zero-order valence-electron chi connectivity index (χ0n) is 6.52. The molecule has 1 rings (SSSR count). The molecule has 0 saturated carbocycles. The van der Waals surface area contributed by atoms with Crippen LogP contribution >= 0.6 is 0 Å². The molecular weight excluding hydrogens is 187 g/mol. The molecule has 1 aliphatic heterocycles. The molecule has 0 bridgehead atoms. The predicted molar refractivity (Wildman–Crippen MR) is 36.0 cm³/mol. The smallest absolute Gasteiger partial charge is 0 e. The van der Waals surface area contributed by atoms with E-state index in [0.717, 1.165) is 19.0 Å². The molecule has 51 valence electrons. The molecule has 1 aliphatic rings. The van der Waals surface area contributed by atoms with Crippen molar-refractivity contribution < 1.29 is 32.7 Å². The third kappa shape index (κ3) is 2.65. The molecule has 1 heterocycles. The van der Waals surface area contributed by atoms with Crippen LogP contribution in [-0.4, -0.2) is 13.1 Å². The monoisotopic (exact) mass is 201 g/mol. The topological polar surface area (TPSA) is 14.1 Å². The van der Waals surface area contributed by atoms with Gasteiger partial charge >= 0.3 is 0 Å². The Labute approximate surface area is 82.9 Å². The summed E-state index contributed by atoms with van der Waals surface area (Å²) in [5.41, 5.74) is 0.502. The van der Waals surface area contributed by atoms with Crippen LogP contribution in [0.1, 0.15) is 20.8 Å². The summed E-state index contributed by atoms with van der Waals surface area (Å²) in [6, 6.07) is 0. The Morgan fingerprint density at radius 2 is 1.67 bits per heavy atom. The van der Waals surface area contributed by atoms with Crippen LogP contribution in [-0.2, 0) is 32.7 Å². The Bertz CT molecular complexity index is 81.4. The van der Waals surface area contributed by atoms with Crippen LogP contribution in [0.5, 0.6) is 0 Å². The van der Waals surface area contributed by atoms with Crippen molar-refractivity contribution in [2.45, 2.75) is 20.8 Å². The standard InChI is InChI=1S/C7H14N.Y/c1-7(2,3)6-4-8-5-6;/h6H,4-5H2,1-3H3;/q-1;. The summed E-state index contributed by atoms with van der Waals surface area (Å²) in [7, 11) is 0. The molecule has 0 atom stereocenters. The van der Waals surface area contributed by atoms with E-state index in [4.69, 9.17) is 0 Å². The molecule has 0 unspecified atom stereocenters. The fourth-order valence-electron chi connectivity index (χ4n) is 0.806. The third-order valence-electron chi connectivity index (χ3n) is 1.92. The van der Waals surface area contributed by atoms with E-state index in [2.05, 4.69) is 26.1 Å². The number of nitrogens with zero attached hydrogens (tertiary/aromatic N) is 1. The van der Waals surface area contributed by atoms with Crippen LogP contribution < -0.4 is 0 Å². The van der Waals surface area contributed by atoms with Gasteiger partial charge in [0.25, 0.3) is 0 Å². The van der Waals surface area contributed by atoms with Crippen molar-refractivity contribution in [1.29, 1.82) is 0 Å². The van der Waals surface area contributed by atoms with E-state index in [9.17, 15) is 0 Å². The summed E-state index contributed by atoms with van der Waals surface area (Å²) in [5, 5.41) is 4.16. The molecule has 0 aromatic carbocycles. The summed E-state index contributed by atoms with van der Waals surface area (Å²) in [5.74, 6) is 0.863. The van der Waals surface area contributed by atoms with Gasteiger partial charge in [-0.3, -0.25) is 0 Å². The average Bonchev–Trinajstić information content (AvgIpc) is 1.16. The van der Waals surface area contributed by atoms with Crippen molar-refractivity contribution in [3.8, 4) is 0 Å². The summed E-state index contributed by atoms with van der Waals surface area (Å²) >= 11 is 0. The fourth-order valence-corrected chi connectivity index (χ4v) is 0.806. The summed E-state index contributed by atoms with van der Waals surface area (Å²) < 4.78 is 0. The first kappa shape index (κ1) is 10.1. The van der Waals surface area contributed by atoms with Gasteiger partial charge in [0.1, 0.15) is 0 Å². The van der Waals surface area contributed by atoms with Crippen molar-refractivity contribution in [3.63, 3.8) is 0 Å². The van der Waals surface area contributed by atoms with Gasteiger partial charge in [0.05, 0.1) is 0 Å². The van der Waals surface area contributed by atoms with Crippen LogP contribution in [0.4, 0.5) is 0 Å². The van der Waals surface area contributed by atoms with Crippen molar-refractivity contribution in [3.05, 3.63) is 5.32 Å². The first-order valence-corrected chi connectivity index (χ1v) is 3.24. The van der Waals surface area contributed by atoms with Gasteiger partial charge in [-0.25, -0.2) is 0 Å². The molecule has 1 nitrogen and oxygen atoms in total.